The van der Waals surface area contributed by atoms with Crippen LogP contribution >= 0.6 is 0 Å². The van der Waals surface area contributed by atoms with Crippen molar-refractivity contribution in [2.24, 2.45) is 0 Å². The maximum Gasteiger partial charge on any atom is 0.269 e. The van der Waals surface area contributed by atoms with Gasteiger partial charge in [0.25, 0.3) is 5.69 Å². The lowest BCUT2D eigenvalue weighted by atomic mass is 10.2. The van der Waals surface area contributed by atoms with Gasteiger partial charge >= 0.3 is 0 Å². The van der Waals surface area contributed by atoms with Crippen molar-refractivity contribution in [3.8, 4) is 11.6 Å². The van der Waals surface area contributed by atoms with Crippen LogP contribution in [0.4, 0.5) is 11.5 Å². The quantitative estimate of drug-likeness (QED) is 0.679. The molecule has 2 rings (SSSR count). The third-order valence-corrected chi connectivity index (χ3v) is 2.53. The summed E-state index contributed by atoms with van der Waals surface area (Å²) in [5.41, 5.74) is 5.70. The fourth-order valence-electron chi connectivity index (χ4n) is 1.53. The van der Waals surface area contributed by atoms with E-state index in [-0.39, 0.29) is 11.6 Å². The van der Waals surface area contributed by atoms with E-state index in [1.165, 1.54) is 30.3 Å². The van der Waals surface area contributed by atoms with Crippen LogP contribution in [0.3, 0.4) is 0 Å². The molecule has 1 aromatic heterocycles. The Morgan fingerprint density at radius 3 is 2.45 bits per heavy atom. The number of anilines is 1. The minimum Gasteiger partial charge on any atom is -0.439 e. The molecule has 104 valence electrons. The van der Waals surface area contributed by atoms with Gasteiger partial charge in [0.1, 0.15) is 17.4 Å². The molecule has 0 atom stereocenters. The van der Waals surface area contributed by atoms with Gasteiger partial charge in [0.15, 0.2) is 0 Å². The van der Waals surface area contributed by atoms with Crippen molar-refractivity contribution >= 4 is 11.5 Å². The first-order chi connectivity index (χ1) is 9.45. The summed E-state index contributed by atoms with van der Waals surface area (Å²) in [5.74, 6) is 1.79. The number of non-ortho nitro benzene ring substituents is 1. The Morgan fingerprint density at radius 1 is 1.25 bits per heavy atom. The second-order valence-electron chi connectivity index (χ2n) is 4.50. The summed E-state index contributed by atoms with van der Waals surface area (Å²) >= 11 is 0. The normalized spacial score (nSPS) is 10.6. The molecule has 0 fully saturated rings. The number of hydrogen-bond donors (Lipinski definition) is 1. The average molecular weight is 274 g/mol. The van der Waals surface area contributed by atoms with Gasteiger partial charge in [0.2, 0.25) is 5.88 Å². The van der Waals surface area contributed by atoms with Gasteiger partial charge in [-0.2, -0.15) is 4.98 Å². The van der Waals surface area contributed by atoms with Crippen molar-refractivity contribution < 1.29 is 9.66 Å². The molecule has 20 heavy (non-hydrogen) atoms. The third kappa shape index (κ3) is 3.19. The molecule has 0 aliphatic carbocycles. The van der Waals surface area contributed by atoms with E-state index < -0.39 is 4.92 Å². The van der Waals surface area contributed by atoms with Crippen molar-refractivity contribution in [3.63, 3.8) is 0 Å². The molecule has 0 aliphatic rings. The molecule has 2 N–H and O–H groups in total. The molecule has 0 amide bonds. The monoisotopic (exact) mass is 274 g/mol. The average Bonchev–Trinajstić information content (AvgIpc) is 2.38. The highest BCUT2D eigenvalue weighted by atomic mass is 16.6. The maximum atomic E-state index is 10.6. The number of nitro groups is 1. The van der Waals surface area contributed by atoms with Crippen molar-refractivity contribution in [2.45, 2.75) is 19.8 Å². The molecule has 1 heterocycles. The predicted molar refractivity (Wildman–Crippen MR) is 73.7 cm³/mol. The molecule has 0 bridgehead atoms. The van der Waals surface area contributed by atoms with E-state index in [9.17, 15) is 10.1 Å². The van der Waals surface area contributed by atoms with Crippen molar-refractivity contribution in [3.05, 3.63) is 46.3 Å². The van der Waals surface area contributed by atoms with Crippen LogP contribution in [0.1, 0.15) is 25.6 Å². The summed E-state index contributed by atoms with van der Waals surface area (Å²) in [7, 11) is 0. The highest BCUT2D eigenvalue weighted by Crippen LogP contribution is 2.24. The molecule has 0 saturated carbocycles. The molecule has 0 unspecified atom stereocenters. The van der Waals surface area contributed by atoms with E-state index in [0.29, 0.717) is 23.3 Å². The van der Waals surface area contributed by atoms with Crippen LogP contribution in [0, 0.1) is 10.1 Å². The lowest BCUT2D eigenvalue weighted by molar-refractivity contribution is -0.384. The van der Waals surface area contributed by atoms with E-state index in [4.69, 9.17) is 10.5 Å². The van der Waals surface area contributed by atoms with Gasteiger partial charge in [-0.05, 0) is 12.1 Å². The molecule has 0 spiro atoms. The Morgan fingerprint density at radius 2 is 1.90 bits per heavy atom. The molecular weight excluding hydrogens is 260 g/mol. The smallest absolute Gasteiger partial charge is 0.269 e. The molecule has 0 aliphatic heterocycles. The molecule has 0 radical (unpaired) electrons. The second-order valence-corrected chi connectivity index (χ2v) is 4.50. The fourth-order valence-corrected chi connectivity index (χ4v) is 1.53. The van der Waals surface area contributed by atoms with Gasteiger partial charge in [0, 0.05) is 24.1 Å². The Labute approximate surface area is 115 Å². The number of nitrogens with zero attached hydrogens (tertiary/aromatic N) is 3. The van der Waals surface area contributed by atoms with Crippen LogP contribution in [-0.4, -0.2) is 14.9 Å². The van der Waals surface area contributed by atoms with Crippen LogP contribution in [0.5, 0.6) is 11.6 Å². The van der Waals surface area contributed by atoms with Gasteiger partial charge in [-0.15, -0.1) is 0 Å². The largest absolute Gasteiger partial charge is 0.439 e. The summed E-state index contributed by atoms with van der Waals surface area (Å²) < 4.78 is 5.53. The topological polar surface area (TPSA) is 104 Å². The van der Waals surface area contributed by atoms with Crippen molar-refractivity contribution in [1.29, 1.82) is 0 Å². The number of nitrogens with two attached hydrogens (primary N) is 1. The van der Waals surface area contributed by atoms with Gasteiger partial charge in [0.05, 0.1) is 4.92 Å². The zero-order valence-corrected chi connectivity index (χ0v) is 11.1. The zero-order chi connectivity index (χ0) is 14.7. The maximum absolute atomic E-state index is 10.6. The molecule has 7 nitrogen and oxygen atoms in total. The lowest BCUT2D eigenvalue weighted by Crippen LogP contribution is -2.03. The molecular formula is C13H14N4O3. The second kappa shape index (κ2) is 5.52. The number of ether oxygens (including phenoxy) is 1. The van der Waals surface area contributed by atoms with Gasteiger partial charge in [-0.25, -0.2) is 4.98 Å². The van der Waals surface area contributed by atoms with Crippen LogP contribution in [-0.2, 0) is 0 Å². The van der Waals surface area contributed by atoms with E-state index in [1.807, 2.05) is 13.8 Å². The highest BCUT2D eigenvalue weighted by Gasteiger charge is 2.09. The Balaban J connectivity index is 2.23. The molecule has 1 aromatic carbocycles. The van der Waals surface area contributed by atoms with Gasteiger partial charge in [-0.3, -0.25) is 10.1 Å². The lowest BCUT2D eigenvalue weighted by Gasteiger charge is -2.09. The molecule has 7 heteroatoms. The Kier molecular flexibility index (Phi) is 3.79. The van der Waals surface area contributed by atoms with Crippen LogP contribution in [0.15, 0.2) is 30.3 Å². The number of hydrogen-bond acceptors (Lipinski definition) is 6. The van der Waals surface area contributed by atoms with Gasteiger partial charge in [-0.1, -0.05) is 13.8 Å². The SMILES string of the molecule is CC(C)c1nc(N)cc(Oc2ccc([N+](=O)[O-])cc2)n1. The first-order valence-corrected chi connectivity index (χ1v) is 6.02. The number of nitrogen functional groups attached to an aromatic ring is 1. The number of nitro benzene ring substituents is 1. The van der Waals surface area contributed by atoms with E-state index >= 15 is 0 Å². The van der Waals surface area contributed by atoms with E-state index in [0.717, 1.165) is 0 Å². The highest BCUT2D eigenvalue weighted by molar-refractivity contribution is 5.39. The Hall–Kier alpha value is -2.70. The van der Waals surface area contributed by atoms with Crippen molar-refractivity contribution in [1.82, 2.24) is 9.97 Å². The molecule has 2 aromatic rings. The van der Waals surface area contributed by atoms with Crippen molar-refractivity contribution in [2.75, 3.05) is 5.73 Å². The van der Waals surface area contributed by atoms with E-state index in [2.05, 4.69) is 9.97 Å². The van der Waals surface area contributed by atoms with Crippen LogP contribution in [0.2, 0.25) is 0 Å². The number of benzene rings is 1. The first kappa shape index (κ1) is 13.7. The first-order valence-electron chi connectivity index (χ1n) is 6.02. The van der Waals surface area contributed by atoms with Gasteiger partial charge < -0.3 is 10.5 Å². The zero-order valence-electron chi connectivity index (χ0n) is 11.1. The third-order valence-electron chi connectivity index (χ3n) is 2.53. The number of rotatable bonds is 4. The van der Waals surface area contributed by atoms with Crippen LogP contribution < -0.4 is 10.5 Å². The summed E-state index contributed by atoms with van der Waals surface area (Å²) in [5, 5.41) is 10.6. The van der Waals surface area contributed by atoms with Crippen LogP contribution in [0.25, 0.3) is 0 Å². The minimum absolute atomic E-state index is 0.00224. The summed E-state index contributed by atoms with van der Waals surface area (Å²) in [6, 6.07) is 7.25. The summed E-state index contributed by atoms with van der Waals surface area (Å²) in [6.07, 6.45) is 0. The fraction of sp³-hybridized carbons (Fsp3) is 0.231. The number of aromatic nitrogens is 2. The summed E-state index contributed by atoms with van der Waals surface area (Å²) in [4.78, 5) is 18.4. The Bertz CT molecular complexity index is 626. The summed E-state index contributed by atoms with van der Waals surface area (Å²) in [6.45, 7) is 3.90. The van der Waals surface area contributed by atoms with E-state index in [1.54, 1.807) is 0 Å². The minimum atomic E-state index is -0.469. The molecule has 0 saturated heterocycles. The predicted octanol–water partition coefficient (Wildman–Crippen LogP) is 2.88. The standard InChI is InChI=1S/C13H14N4O3/c1-8(2)13-15-11(14)7-12(16-13)20-10-5-3-9(4-6-10)17(18)19/h3-8H,1-2H3,(H2,14,15,16).